The number of rotatable bonds is 10. The topological polar surface area (TPSA) is 160 Å². The molecular formula is C23H26N4O5. The number of hydrogen-bond acceptors (Lipinski definition) is 6. The van der Waals surface area contributed by atoms with Crippen LogP contribution in [-0.2, 0) is 9.59 Å². The van der Waals surface area contributed by atoms with Gasteiger partial charge in [0, 0.05) is 30.4 Å². The number of nitrogens with two attached hydrogens (primary N) is 2. The number of nitrogens with one attached hydrogen (secondary N) is 1. The second kappa shape index (κ2) is 10.3. The van der Waals surface area contributed by atoms with Crippen LogP contribution in [0.25, 0.3) is 5.70 Å². The Labute approximate surface area is 185 Å². The highest BCUT2D eigenvalue weighted by Crippen LogP contribution is 2.47. The van der Waals surface area contributed by atoms with Crippen LogP contribution in [0.5, 0.6) is 11.5 Å². The number of aromatic hydroxyl groups is 1. The zero-order valence-corrected chi connectivity index (χ0v) is 17.4. The normalized spacial score (nSPS) is 17.2. The third-order valence-electron chi connectivity index (χ3n) is 5.13. The highest BCUT2D eigenvalue weighted by Gasteiger charge is 2.41. The third-order valence-corrected chi connectivity index (χ3v) is 5.13. The summed E-state index contributed by atoms with van der Waals surface area (Å²) in [7, 11) is 0. The molecule has 1 aliphatic rings. The van der Waals surface area contributed by atoms with Gasteiger partial charge in [0.15, 0.2) is 5.96 Å². The molecule has 3 rings (SSSR count). The quantitative estimate of drug-likeness (QED) is 0.124. The molecule has 7 N–H and O–H groups in total. The summed E-state index contributed by atoms with van der Waals surface area (Å²) in [6.45, 7) is 1.11. The van der Waals surface area contributed by atoms with Gasteiger partial charge in [-0.3, -0.25) is 14.6 Å². The summed E-state index contributed by atoms with van der Waals surface area (Å²) in [5, 5.41) is 22.6. The maximum absolute atomic E-state index is 12.1. The Bertz CT molecular complexity index is 1030. The molecule has 2 aromatic rings. The minimum Gasteiger partial charge on any atom is -0.508 e. The van der Waals surface area contributed by atoms with Crippen molar-refractivity contribution in [1.29, 1.82) is 0 Å². The van der Waals surface area contributed by atoms with Crippen LogP contribution in [0.15, 0.2) is 53.5 Å². The van der Waals surface area contributed by atoms with Crippen molar-refractivity contribution in [3.8, 4) is 11.5 Å². The first kappa shape index (κ1) is 22.7. The number of aliphatic carboxylic acids is 1. The summed E-state index contributed by atoms with van der Waals surface area (Å²) in [5.41, 5.74) is 13.0. The number of aliphatic imine (C=N–C) groups is 1. The molecule has 0 amide bonds. The molecule has 0 aromatic heterocycles. The van der Waals surface area contributed by atoms with E-state index in [0.717, 1.165) is 12.8 Å². The monoisotopic (exact) mass is 438 g/mol. The first-order valence-corrected chi connectivity index (χ1v) is 10.2. The summed E-state index contributed by atoms with van der Waals surface area (Å²) >= 11 is 0. The molecule has 9 heteroatoms. The Balaban J connectivity index is 1.78. The van der Waals surface area contributed by atoms with Gasteiger partial charge in [-0.05, 0) is 54.3 Å². The highest BCUT2D eigenvalue weighted by molar-refractivity contribution is 5.84. The molecule has 2 atom stereocenters. The Kier molecular flexibility index (Phi) is 7.33. The number of benzene rings is 2. The van der Waals surface area contributed by atoms with Crippen LogP contribution >= 0.6 is 0 Å². The lowest BCUT2D eigenvalue weighted by Crippen LogP contribution is -2.23. The number of fused-ring (bicyclic) bond motifs is 1. The summed E-state index contributed by atoms with van der Waals surface area (Å²) < 4.78 is 5.94. The maximum atomic E-state index is 12.1. The lowest BCUT2D eigenvalue weighted by atomic mass is 9.90. The van der Waals surface area contributed by atoms with Crippen molar-refractivity contribution >= 4 is 23.9 Å². The number of hydrogen-bond donors (Lipinski definition) is 5. The summed E-state index contributed by atoms with van der Waals surface area (Å²) in [6, 6.07) is 11.5. The molecular weight excluding hydrogens is 412 g/mol. The molecule has 2 unspecified atom stereocenters. The molecule has 0 saturated carbocycles. The summed E-state index contributed by atoms with van der Waals surface area (Å²) in [5.74, 6) is -1.33. The van der Waals surface area contributed by atoms with Crippen molar-refractivity contribution in [3.63, 3.8) is 0 Å². The fraction of sp³-hybridized carbons (Fsp3) is 0.261. The molecule has 0 fully saturated rings. The van der Waals surface area contributed by atoms with E-state index < -0.39 is 18.0 Å². The van der Waals surface area contributed by atoms with Gasteiger partial charge in [0.1, 0.15) is 29.8 Å². The lowest BCUT2D eigenvalue weighted by Gasteiger charge is -2.16. The van der Waals surface area contributed by atoms with Crippen molar-refractivity contribution in [2.24, 2.45) is 16.5 Å². The number of phenols is 1. The number of carboxylic acid groups (broad SMARTS) is 1. The van der Waals surface area contributed by atoms with Crippen molar-refractivity contribution in [1.82, 2.24) is 5.32 Å². The number of unbranched alkanes of at least 4 members (excludes halogenated alkanes) is 1. The first-order valence-electron chi connectivity index (χ1n) is 10.2. The molecule has 0 aliphatic carbocycles. The molecule has 0 spiro atoms. The number of guanidine groups is 1. The van der Waals surface area contributed by atoms with Crippen LogP contribution in [0.3, 0.4) is 0 Å². The highest BCUT2D eigenvalue weighted by atomic mass is 16.5. The SMILES string of the molecule is NC(N)=NCCCCN/C(=C/C=O)c1ccc2c(c1)C(C(=O)O)C(c1ccc(O)cc1)O2. The molecule has 0 bridgehead atoms. The van der Waals surface area contributed by atoms with Gasteiger partial charge in [-0.15, -0.1) is 0 Å². The van der Waals surface area contributed by atoms with Crippen LogP contribution < -0.4 is 21.5 Å². The lowest BCUT2D eigenvalue weighted by molar-refractivity contribution is -0.140. The van der Waals surface area contributed by atoms with E-state index in [2.05, 4.69) is 10.3 Å². The van der Waals surface area contributed by atoms with Gasteiger partial charge in [-0.1, -0.05) is 12.1 Å². The zero-order chi connectivity index (χ0) is 23.1. The molecule has 32 heavy (non-hydrogen) atoms. The number of phenolic OH excluding ortho intramolecular Hbond substituents is 1. The zero-order valence-electron chi connectivity index (χ0n) is 17.4. The number of carbonyl (C=O) groups is 2. The minimum absolute atomic E-state index is 0.0541. The molecule has 0 saturated heterocycles. The Morgan fingerprint density at radius 2 is 1.91 bits per heavy atom. The summed E-state index contributed by atoms with van der Waals surface area (Å²) in [4.78, 5) is 27.2. The molecule has 0 radical (unpaired) electrons. The van der Waals surface area contributed by atoms with Gasteiger partial charge in [-0.2, -0.15) is 0 Å². The van der Waals surface area contributed by atoms with Crippen LogP contribution in [0.4, 0.5) is 0 Å². The Morgan fingerprint density at radius 3 is 2.56 bits per heavy atom. The van der Waals surface area contributed by atoms with E-state index >= 15 is 0 Å². The number of carbonyl (C=O) groups excluding carboxylic acids is 1. The second-order valence-electron chi connectivity index (χ2n) is 7.36. The number of ether oxygens (including phenoxy) is 1. The van der Waals surface area contributed by atoms with Crippen LogP contribution in [0.1, 0.15) is 41.6 Å². The number of aldehydes is 1. The predicted octanol–water partition coefficient (Wildman–Crippen LogP) is 1.88. The van der Waals surface area contributed by atoms with Crippen molar-refractivity contribution in [2.45, 2.75) is 24.9 Å². The molecule has 1 heterocycles. The Morgan fingerprint density at radius 1 is 1.16 bits per heavy atom. The van der Waals surface area contributed by atoms with E-state index in [9.17, 15) is 19.8 Å². The predicted molar refractivity (Wildman–Crippen MR) is 120 cm³/mol. The van der Waals surface area contributed by atoms with Gasteiger partial charge >= 0.3 is 5.97 Å². The molecule has 2 aromatic carbocycles. The van der Waals surface area contributed by atoms with Gasteiger partial charge in [-0.25, -0.2) is 0 Å². The van der Waals surface area contributed by atoms with E-state index in [1.165, 1.54) is 18.2 Å². The summed E-state index contributed by atoms with van der Waals surface area (Å²) in [6.07, 6.45) is 2.91. The van der Waals surface area contributed by atoms with Gasteiger partial charge < -0.3 is 31.7 Å². The average molecular weight is 438 g/mol. The number of carboxylic acids is 1. The van der Waals surface area contributed by atoms with E-state index in [0.29, 0.717) is 47.5 Å². The van der Waals surface area contributed by atoms with E-state index in [1.807, 2.05) is 0 Å². The van der Waals surface area contributed by atoms with Gasteiger partial charge in [0.25, 0.3) is 0 Å². The molecule has 1 aliphatic heterocycles. The Hall–Kier alpha value is -4.01. The van der Waals surface area contributed by atoms with Crippen LogP contribution in [0.2, 0.25) is 0 Å². The van der Waals surface area contributed by atoms with Gasteiger partial charge in [0.2, 0.25) is 0 Å². The van der Waals surface area contributed by atoms with Gasteiger partial charge in [0.05, 0.1) is 0 Å². The van der Waals surface area contributed by atoms with Crippen molar-refractivity contribution in [3.05, 3.63) is 65.2 Å². The largest absolute Gasteiger partial charge is 0.508 e. The van der Waals surface area contributed by atoms with E-state index in [4.69, 9.17) is 16.2 Å². The number of nitrogens with zero attached hydrogens (tertiary/aromatic N) is 1. The minimum atomic E-state index is -1.02. The van der Waals surface area contributed by atoms with Crippen molar-refractivity contribution in [2.75, 3.05) is 13.1 Å². The fourth-order valence-electron chi connectivity index (χ4n) is 3.61. The third kappa shape index (κ3) is 5.37. The first-order chi connectivity index (χ1) is 15.4. The van der Waals surface area contributed by atoms with E-state index in [1.54, 1.807) is 30.3 Å². The maximum Gasteiger partial charge on any atom is 0.315 e. The smallest absolute Gasteiger partial charge is 0.315 e. The standard InChI is InChI=1S/C23H26N4O5/c24-23(25)27-11-2-1-10-26-18(9-12-28)15-5-8-19-17(13-15)20(22(30)31)21(32-19)14-3-6-16(29)7-4-14/h3-9,12-13,20-21,26,29H,1-2,10-11H2,(H,30,31)(H4,24,25,27)/b18-9+. The van der Waals surface area contributed by atoms with E-state index in [-0.39, 0.29) is 11.7 Å². The van der Waals surface area contributed by atoms with Crippen molar-refractivity contribution < 1.29 is 24.5 Å². The molecule has 9 nitrogen and oxygen atoms in total. The van der Waals surface area contributed by atoms with Crippen LogP contribution in [0, 0.1) is 0 Å². The average Bonchev–Trinajstić information content (AvgIpc) is 3.14. The molecule has 168 valence electrons. The fourth-order valence-corrected chi connectivity index (χ4v) is 3.61. The second-order valence-corrected chi connectivity index (χ2v) is 7.36. The number of allylic oxidation sites excluding steroid dienone is 1. The van der Waals surface area contributed by atoms with Crippen LogP contribution in [-0.4, -0.2) is 41.5 Å².